The molecule has 0 unspecified atom stereocenters. The van der Waals surface area contributed by atoms with Crippen molar-refractivity contribution in [3.05, 3.63) is 211 Å². The van der Waals surface area contributed by atoms with E-state index >= 15 is 0 Å². The van der Waals surface area contributed by atoms with Crippen molar-refractivity contribution in [1.82, 2.24) is 19.5 Å². The second-order valence-electron chi connectivity index (χ2n) is 21.8. The van der Waals surface area contributed by atoms with Crippen molar-refractivity contribution in [3.63, 3.8) is 0 Å². The summed E-state index contributed by atoms with van der Waals surface area (Å²) in [5, 5.41) is 3.41. The number of benzene rings is 7. The van der Waals surface area contributed by atoms with Crippen LogP contribution in [0.1, 0.15) is 86.7 Å². The number of pyridine rings is 2. The fourth-order valence-electron chi connectivity index (χ4n) is 9.54. The van der Waals surface area contributed by atoms with Crippen molar-refractivity contribution in [2.45, 2.75) is 92.2 Å². The molecule has 0 spiro atoms. The van der Waals surface area contributed by atoms with E-state index < -0.39 is 14.9 Å². The second-order valence-corrected chi connectivity index (χ2v) is 26.9. The van der Waals surface area contributed by atoms with Crippen molar-refractivity contribution < 1.29 is 28.6 Å². The molecule has 0 fully saturated rings. The summed E-state index contributed by atoms with van der Waals surface area (Å²) in [6, 6.07) is 63.2. The number of furan rings is 1. The van der Waals surface area contributed by atoms with E-state index in [1.54, 1.807) is 12.1 Å². The van der Waals surface area contributed by atoms with Gasteiger partial charge in [-0.25, -0.2) is 4.98 Å². The Balaban J connectivity index is 0.000000290. The summed E-state index contributed by atoms with van der Waals surface area (Å²) in [5.74, 6) is 1.25. The predicted octanol–water partition coefficient (Wildman–Crippen LogP) is 17.7. The van der Waals surface area contributed by atoms with Gasteiger partial charge in [0, 0.05) is 47.7 Å². The fraction of sp³-hybridized carbons (Fsp3) is 0.209. The molecule has 0 atom stereocenters. The van der Waals surface area contributed by atoms with Gasteiger partial charge in [0.15, 0.2) is 5.65 Å². The molecule has 7 aromatic carbocycles. The van der Waals surface area contributed by atoms with Crippen LogP contribution < -0.4 is 5.19 Å². The van der Waals surface area contributed by atoms with Crippen LogP contribution in [0, 0.1) is 19.0 Å². The van der Waals surface area contributed by atoms with Gasteiger partial charge in [0.25, 0.3) is 0 Å². The average Bonchev–Trinajstić information content (AvgIpc) is 3.99. The standard InChI is InChI=1S/C52H46N3O.C15H18NSi.Ir/c1-32(2)44-27-39(35-17-12-9-13-18-35)28-45(33(3)4)48(44)55-46-30-40(52(5,6)7)31-53-50(46)54-51(55)43-20-14-19-42-41-26-25-38(29-47(41)56-49(42)43)37-23-21-36(22-24-37)34-15-10-8-11-16-34;1-12-5-7-13(8-6-12)15-10-9-14(11-16-15)17(2,3)4;/h8-19,21-33H,1-7H3;5-7,9-11H,1-4H3;/q2*-1;/i;1D3;. The van der Waals surface area contributed by atoms with E-state index in [1.165, 1.54) is 44.6 Å². The molecule has 0 saturated heterocycles. The number of hydrogen-bond acceptors (Lipinski definition) is 4. The Morgan fingerprint density at radius 3 is 1.81 bits per heavy atom. The first-order valence-corrected chi connectivity index (χ1v) is 28.9. The molecule has 373 valence electrons. The van der Waals surface area contributed by atoms with Gasteiger partial charge in [0.2, 0.25) is 0 Å². The first-order chi connectivity index (χ1) is 36.2. The minimum absolute atomic E-state index is 0. The number of hydrogen-bond donors (Lipinski definition) is 0. The summed E-state index contributed by atoms with van der Waals surface area (Å²) in [7, 11) is -1.34. The molecule has 5 nitrogen and oxygen atoms in total. The number of fused-ring (bicyclic) bond motifs is 4. The second kappa shape index (κ2) is 21.1. The third kappa shape index (κ3) is 10.5. The zero-order chi connectivity index (χ0) is 53.7. The summed E-state index contributed by atoms with van der Waals surface area (Å²) in [5.41, 5.74) is 17.9. The van der Waals surface area contributed by atoms with Crippen LogP contribution in [0.5, 0.6) is 0 Å². The zero-order valence-corrected chi connectivity index (χ0v) is 47.3. The van der Waals surface area contributed by atoms with Gasteiger partial charge in [-0.05, 0) is 102 Å². The Morgan fingerprint density at radius 2 is 1.24 bits per heavy atom. The van der Waals surface area contributed by atoms with Crippen LogP contribution in [-0.2, 0) is 25.5 Å². The third-order valence-electron chi connectivity index (χ3n) is 13.8. The average molecular weight is 1160 g/mol. The molecule has 0 aliphatic heterocycles. The van der Waals surface area contributed by atoms with Gasteiger partial charge in [-0.1, -0.05) is 195 Å². The van der Waals surface area contributed by atoms with E-state index in [0.717, 1.165) is 72.5 Å². The number of rotatable bonds is 9. The first kappa shape index (κ1) is 47.9. The molecule has 4 aromatic heterocycles. The van der Waals surface area contributed by atoms with Gasteiger partial charge >= 0.3 is 0 Å². The summed E-state index contributed by atoms with van der Waals surface area (Å²) in [6.07, 6.45) is 3.90. The van der Waals surface area contributed by atoms with Crippen molar-refractivity contribution in [3.8, 4) is 61.7 Å². The molecule has 74 heavy (non-hydrogen) atoms. The SMILES string of the molecule is CC(C)c1cc(-c2ccccc2)cc(C(C)C)c1-n1c(-c2[c-]ccc3c2oc2cc(-c4ccc(-c5ccccc5)cc4)ccc23)nc2ncc(C(C)(C)C)cc21.[2H]C([2H])([2H])c1c[c-]c(-c2ccc([Si](C)(C)C)cn2)cc1.[Ir]. The Morgan fingerprint density at radius 1 is 0.622 bits per heavy atom. The van der Waals surface area contributed by atoms with E-state index in [1.807, 2.05) is 30.6 Å². The summed E-state index contributed by atoms with van der Waals surface area (Å²) in [4.78, 5) is 14.8. The molecule has 11 rings (SSSR count). The maximum absolute atomic E-state index is 7.35. The van der Waals surface area contributed by atoms with Crippen LogP contribution in [0.4, 0.5) is 0 Å². The molecule has 0 amide bonds. The van der Waals surface area contributed by atoms with Crippen LogP contribution in [0.15, 0.2) is 181 Å². The number of nitrogens with zero attached hydrogens (tertiary/aromatic N) is 4. The van der Waals surface area contributed by atoms with Crippen molar-refractivity contribution in [2.24, 2.45) is 0 Å². The van der Waals surface area contributed by atoms with E-state index in [-0.39, 0.29) is 37.4 Å². The van der Waals surface area contributed by atoms with Crippen LogP contribution >= 0.6 is 0 Å². The topological polar surface area (TPSA) is 56.7 Å². The van der Waals surface area contributed by atoms with Crippen LogP contribution in [-0.4, -0.2) is 27.6 Å². The number of imidazole rings is 1. The van der Waals surface area contributed by atoms with Crippen LogP contribution in [0.25, 0.3) is 94.8 Å². The summed E-state index contributed by atoms with van der Waals surface area (Å²) < 4.78 is 31.3. The predicted molar refractivity (Wildman–Crippen MR) is 310 cm³/mol. The molecule has 0 N–H and O–H groups in total. The monoisotopic (exact) mass is 1160 g/mol. The molecule has 1 radical (unpaired) electrons. The third-order valence-corrected chi connectivity index (χ3v) is 15.8. The number of aromatic nitrogens is 4. The summed E-state index contributed by atoms with van der Waals surface area (Å²) >= 11 is 0. The van der Waals surface area contributed by atoms with E-state index in [2.05, 4.69) is 217 Å². The normalized spacial score (nSPS) is 12.6. The first-order valence-electron chi connectivity index (χ1n) is 26.9. The van der Waals surface area contributed by atoms with Gasteiger partial charge in [0.1, 0.15) is 5.58 Å². The van der Waals surface area contributed by atoms with E-state index in [9.17, 15) is 0 Å². The molecule has 0 saturated carbocycles. The molecule has 0 aliphatic carbocycles. The molecule has 0 bridgehead atoms. The van der Waals surface area contributed by atoms with Crippen molar-refractivity contribution >= 4 is 46.4 Å². The quantitative estimate of drug-likeness (QED) is 0.107. The zero-order valence-electron chi connectivity index (χ0n) is 46.9. The Kier molecular flexibility index (Phi) is 13.7. The van der Waals surface area contributed by atoms with Gasteiger partial charge in [-0.15, -0.1) is 53.6 Å². The molecule has 11 aromatic rings. The Labute approximate surface area is 456 Å². The van der Waals surface area contributed by atoms with E-state index in [0.29, 0.717) is 11.2 Å². The largest absolute Gasteiger partial charge is 0.501 e. The van der Waals surface area contributed by atoms with E-state index in [4.69, 9.17) is 18.5 Å². The molecule has 7 heteroatoms. The minimum Gasteiger partial charge on any atom is -0.501 e. The number of aryl methyl sites for hydroxylation is 1. The molecule has 0 aliphatic rings. The van der Waals surface area contributed by atoms with Crippen LogP contribution in [0.2, 0.25) is 19.6 Å². The molecule has 4 heterocycles. The van der Waals surface area contributed by atoms with Gasteiger partial charge in [-0.3, -0.25) is 4.98 Å². The minimum atomic E-state index is -2.08. The van der Waals surface area contributed by atoms with Gasteiger partial charge < -0.3 is 14.0 Å². The van der Waals surface area contributed by atoms with Gasteiger partial charge in [0.05, 0.1) is 25.0 Å². The maximum atomic E-state index is 7.35. The van der Waals surface area contributed by atoms with Crippen molar-refractivity contribution in [1.29, 1.82) is 0 Å². The summed E-state index contributed by atoms with van der Waals surface area (Å²) in [6.45, 7) is 20.6. The fourth-order valence-corrected chi connectivity index (χ4v) is 10.6. The Bertz CT molecular complexity index is 3770. The Hall–Kier alpha value is -7.02. The van der Waals surface area contributed by atoms with Crippen molar-refractivity contribution in [2.75, 3.05) is 0 Å². The smallest absolute Gasteiger partial charge is 0.168 e. The molecular formula is C67H64IrN4OSi-2. The van der Waals surface area contributed by atoms with Gasteiger partial charge in [-0.2, -0.15) is 0 Å². The molecular weight excluding hydrogens is 1100 g/mol. The maximum Gasteiger partial charge on any atom is 0.168 e. The van der Waals surface area contributed by atoms with Crippen LogP contribution in [0.3, 0.4) is 0 Å².